The number of nitrogens with one attached hydrogen (secondary N) is 1. The first-order valence-electron chi connectivity index (χ1n) is 8.21. The maximum Gasteiger partial charge on any atom is 0.244 e. The van der Waals surface area contributed by atoms with E-state index in [1.165, 1.54) is 11.1 Å². The number of benzene rings is 2. The highest BCUT2D eigenvalue weighted by atomic mass is 79.9. The van der Waals surface area contributed by atoms with E-state index in [1.807, 2.05) is 30.3 Å². The van der Waals surface area contributed by atoms with E-state index in [2.05, 4.69) is 50.4 Å². The zero-order valence-electron chi connectivity index (χ0n) is 13.5. The molecule has 1 heterocycles. The van der Waals surface area contributed by atoms with Crippen LogP contribution in [0, 0.1) is 0 Å². The minimum atomic E-state index is -0.0460. The maximum absolute atomic E-state index is 11.9. The van der Waals surface area contributed by atoms with Crippen molar-refractivity contribution in [2.75, 3.05) is 19.6 Å². The van der Waals surface area contributed by atoms with Gasteiger partial charge < -0.3 is 5.32 Å². The fourth-order valence-corrected chi connectivity index (χ4v) is 3.15. The average molecular weight is 385 g/mol. The number of halogens is 1. The standard InChI is InChI=1S/C20H21BrN2O/c21-19-8-5-16(6-9-19)7-10-20(24)22-12-14-23-13-11-17-3-1-2-4-18(17)15-23/h1-10H,11-15H2,(H,22,24). The molecule has 1 aliphatic rings. The Bertz CT molecular complexity index is 725. The van der Waals surface area contributed by atoms with Crippen molar-refractivity contribution in [1.82, 2.24) is 10.2 Å². The molecule has 0 radical (unpaired) electrons. The number of nitrogens with zero attached hydrogens (tertiary/aromatic N) is 1. The van der Waals surface area contributed by atoms with Crippen molar-refractivity contribution in [2.45, 2.75) is 13.0 Å². The van der Waals surface area contributed by atoms with E-state index in [9.17, 15) is 4.79 Å². The van der Waals surface area contributed by atoms with Gasteiger partial charge in [-0.1, -0.05) is 52.3 Å². The van der Waals surface area contributed by atoms with E-state index in [0.717, 1.165) is 36.1 Å². The van der Waals surface area contributed by atoms with Crippen LogP contribution in [0.3, 0.4) is 0 Å². The van der Waals surface area contributed by atoms with Crippen LogP contribution in [-0.2, 0) is 17.8 Å². The van der Waals surface area contributed by atoms with Crippen LogP contribution in [0.5, 0.6) is 0 Å². The molecule has 0 saturated carbocycles. The fourth-order valence-electron chi connectivity index (χ4n) is 2.89. The highest BCUT2D eigenvalue weighted by molar-refractivity contribution is 9.10. The van der Waals surface area contributed by atoms with Crippen LogP contribution in [0.4, 0.5) is 0 Å². The van der Waals surface area contributed by atoms with E-state index < -0.39 is 0 Å². The van der Waals surface area contributed by atoms with Gasteiger partial charge in [0.25, 0.3) is 0 Å². The third-order valence-corrected chi connectivity index (χ3v) is 4.76. The van der Waals surface area contributed by atoms with Crippen molar-refractivity contribution in [1.29, 1.82) is 0 Å². The van der Waals surface area contributed by atoms with Crippen LogP contribution in [0.1, 0.15) is 16.7 Å². The zero-order valence-corrected chi connectivity index (χ0v) is 15.1. The molecule has 0 saturated heterocycles. The summed E-state index contributed by atoms with van der Waals surface area (Å²) in [5, 5.41) is 2.96. The van der Waals surface area contributed by atoms with Crippen LogP contribution < -0.4 is 5.32 Å². The van der Waals surface area contributed by atoms with Gasteiger partial charge in [-0.25, -0.2) is 0 Å². The molecule has 2 aromatic rings. The molecule has 3 rings (SSSR count). The monoisotopic (exact) mass is 384 g/mol. The summed E-state index contributed by atoms with van der Waals surface area (Å²) in [6, 6.07) is 16.5. The van der Waals surface area contributed by atoms with Crippen molar-refractivity contribution < 1.29 is 4.79 Å². The number of carbonyl (C=O) groups excluding carboxylic acids is 1. The van der Waals surface area contributed by atoms with Gasteiger partial charge in [-0.2, -0.15) is 0 Å². The Morgan fingerprint density at radius 3 is 2.67 bits per heavy atom. The summed E-state index contributed by atoms with van der Waals surface area (Å²) in [7, 11) is 0. The van der Waals surface area contributed by atoms with Gasteiger partial charge in [-0.05, 0) is 41.3 Å². The predicted octanol–water partition coefficient (Wildman–Crippen LogP) is 3.64. The predicted molar refractivity (Wildman–Crippen MR) is 102 cm³/mol. The zero-order chi connectivity index (χ0) is 16.8. The van der Waals surface area contributed by atoms with Gasteiger partial charge in [0.1, 0.15) is 0 Å². The number of amides is 1. The molecule has 0 aliphatic carbocycles. The van der Waals surface area contributed by atoms with Crippen molar-refractivity contribution in [3.63, 3.8) is 0 Å². The molecule has 1 aliphatic heterocycles. The molecule has 0 atom stereocenters. The molecule has 3 nitrogen and oxygen atoms in total. The van der Waals surface area contributed by atoms with Gasteiger partial charge in [0.2, 0.25) is 5.91 Å². The lowest BCUT2D eigenvalue weighted by molar-refractivity contribution is -0.116. The lowest BCUT2D eigenvalue weighted by Crippen LogP contribution is -2.37. The summed E-state index contributed by atoms with van der Waals surface area (Å²) in [6.45, 7) is 3.58. The number of rotatable bonds is 5. The number of hydrogen-bond donors (Lipinski definition) is 1. The van der Waals surface area contributed by atoms with Gasteiger partial charge in [-0.15, -0.1) is 0 Å². The van der Waals surface area contributed by atoms with E-state index in [0.29, 0.717) is 6.54 Å². The van der Waals surface area contributed by atoms with E-state index in [4.69, 9.17) is 0 Å². The largest absolute Gasteiger partial charge is 0.351 e. The molecule has 2 aromatic carbocycles. The summed E-state index contributed by atoms with van der Waals surface area (Å²) in [4.78, 5) is 14.3. The topological polar surface area (TPSA) is 32.3 Å². The molecule has 0 spiro atoms. The molecule has 124 valence electrons. The normalized spacial score (nSPS) is 14.5. The van der Waals surface area contributed by atoms with E-state index in [1.54, 1.807) is 6.08 Å². The minimum Gasteiger partial charge on any atom is -0.351 e. The molecule has 1 amide bonds. The smallest absolute Gasteiger partial charge is 0.244 e. The van der Waals surface area contributed by atoms with Crippen molar-refractivity contribution >= 4 is 27.9 Å². The third-order valence-electron chi connectivity index (χ3n) is 4.23. The minimum absolute atomic E-state index is 0.0460. The van der Waals surface area contributed by atoms with Crippen LogP contribution in [0.15, 0.2) is 59.1 Å². The lowest BCUT2D eigenvalue weighted by Gasteiger charge is -2.28. The third kappa shape index (κ3) is 4.79. The summed E-state index contributed by atoms with van der Waals surface area (Å²) in [5.74, 6) is -0.0460. The first kappa shape index (κ1) is 16.9. The van der Waals surface area contributed by atoms with Crippen LogP contribution in [0.2, 0.25) is 0 Å². The molecule has 0 bridgehead atoms. The van der Waals surface area contributed by atoms with Gasteiger partial charge in [-0.3, -0.25) is 9.69 Å². The SMILES string of the molecule is O=C(C=Cc1ccc(Br)cc1)NCCN1CCc2ccccc2C1. The molecule has 0 aromatic heterocycles. The molecule has 24 heavy (non-hydrogen) atoms. The molecule has 1 N–H and O–H groups in total. The highest BCUT2D eigenvalue weighted by Crippen LogP contribution is 2.17. The van der Waals surface area contributed by atoms with Crippen molar-refractivity contribution in [3.05, 3.63) is 75.8 Å². The van der Waals surface area contributed by atoms with Crippen LogP contribution in [-0.4, -0.2) is 30.4 Å². The second-order valence-corrected chi connectivity index (χ2v) is 6.89. The molecular formula is C20H21BrN2O. The molecular weight excluding hydrogens is 364 g/mol. The average Bonchev–Trinajstić information content (AvgIpc) is 2.61. The second-order valence-electron chi connectivity index (χ2n) is 5.97. The summed E-state index contributed by atoms with van der Waals surface area (Å²) >= 11 is 3.40. The van der Waals surface area contributed by atoms with Gasteiger partial charge in [0.05, 0.1) is 0 Å². The first-order valence-corrected chi connectivity index (χ1v) is 9.00. The summed E-state index contributed by atoms with van der Waals surface area (Å²) in [5.41, 5.74) is 3.88. The second kappa shape index (κ2) is 8.27. The Hall–Kier alpha value is -1.91. The fraction of sp³-hybridized carbons (Fsp3) is 0.250. The Balaban J connectivity index is 1.42. The summed E-state index contributed by atoms with van der Waals surface area (Å²) < 4.78 is 1.03. The van der Waals surface area contributed by atoms with Gasteiger partial charge in [0, 0.05) is 36.7 Å². The number of fused-ring (bicyclic) bond motifs is 1. The highest BCUT2D eigenvalue weighted by Gasteiger charge is 2.14. The number of carbonyl (C=O) groups is 1. The molecule has 0 fully saturated rings. The Labute approximate surface area is 151 Å². The Kier molecular flexibility index (Phi) is 5.83. The van der Waals surface area contributed by atoms with Crippen molar-refractivity contribution in [2.24, 2.45) is 0 Å². The Morgan fingerprint density at radius 2 is 1.88 bits per heavy atom. The van der Waals surface area contributed by atoms with E-state index in [-0.39, 0.29) is 5.91 Å². The number of hydrogen-bond acceptors (Lipinski definition) is 2. The van der Waals surface area contributed by atoms with Crippen LogP contribution >= 0.6 is 15.9 Å². The van der Waals surface area contributed by atoms with Crippen LogP contribution in [0.25, 0.3) is 6.08 Å². The van der Waals surface area contributed by atoms with E-state index >= 15 is 0 Å². The van der Waals surface area contributed by atoms with Crippen molar-refractivity contribution in [3.8, 4) is 0 Å². The Morgan fingerprint density at radius 1 is 1.12 bits per heavy atom. The summed E-state index contributed by atoms with van der Waals surface area (Å²) in [6.07, 6.45) is 4.52. The maximum atomic E-state index is 11.9. The van der Waals surface area contributed by atoms with Gasteiger partial charge in [0.15, 0.2) is 0 Å². The van der Waals surface area contributed by atoms with Gasteiger partial charge >= 0.3 is 0 Å². The molecule has 4 heteroatoms. The lowest BCUT2D eigenvalue weighted by atomic mass is 10.00. The first-order chi connectivity index (χ1) is 11.7. The molecule has 0 unspecified atom stereocenters. The quantitative estimate of drug-likeness (QED) is 0.798.